The van der Waals surface area contributed by atoms with Gasteiger partial charge in [-0.25, -0.2) is 0 Å². The van der Waals surface area contributed by atoms with Crippen molar-refractivity contribution in [3.05, 3.63) is 58.6 Å². The Hall–Kier alpha value is -2.79. The van der Waals surface area contributed by atoms with Crippen LogP contribution in [0.5, 0.6) is 5.75 Å². The van der Waals surface area contributed by atoms with Crippen LogP contribution >= 0.6 is 11.6 Å². The van der Waals surface area contributed by atoms with Crippen molar-refractivity contribution in [1.82, 2.24) is 15.5 Å². The molecule has 0 spiro atoms. The summed E-state index contributed by atoms with van der Waals surface area (Å²) >= 11 is 6.12. The van der Waals surface area contributed by atoms with Crippen LogP contribution in [0.4, 0.5) is 5.69 Å². The second-order valence-electron chi connectivity index (χ2n) is 10.4. The van der Waals surface area contributed by atoms with E-state index < -0.39 is 0 Å². The summed E-state index contributed by atoms with van der Waals surface area (Å²) in [6.07, 6.45) is 5.98. The third-order valence-electron chi connectivity index (χ3n) is 8.00. The van der Waals surface area contributed by atoms with Crippen molar-refractivity contribution < 1.29 is 9.53 Å². The van der Waals surface area contributed by atoms with E-state index in [1.54, 1.807) is 18.2 Å². The van der Waals surface area contributed by atoms with Crippen molar-refractivity contribution in [3.8, 4) is 11.8 Å². The van der Waals surface area contributed by atoms with Gasteiger partial charge >= 0.3 is 0 Å². The van der Waals surface area contributed by atoms with E-state index in [2.05, 4.69) is 38.6 Å². The predicted molar refractivity (Wildman–Crippen MR) is 146 cm³/mol. The quantitative estimate of drug-likeness (QED) is 0.593. The molecule has 2 aliphatic heterocycles. The van der Waals surface area contributed by atoms with Crippen LogP contribution in [0, 0.1) is 11.3 Å². The monoisotopic (exact) mass is 521 g/mol. The minimum Gasteiger partial charge on any atom is -0.490 e. The molecule has 5 rings (SSSR count). The van der Waals surface area contributed by atoms with Crippen LogP contribution in [0.2, 0.25) is 5.02 Å². The summed E-state index contributed by atoms with van der Waals surface area (Å²) in [5, 5.41) is 16.1. The van der Waals surface area contributed by atoms with Gasteiger partial charge in [-0.05, 0) is 74.9 Å². The number of rotatable bonds is 6. The molecule has 0 unspecified atom stereocenters. The lowest BCUT2D eigenvalue weighted by Crippen LogP contribution is -2.52. The van der Waals surface area contributed by atoms with Gasteiger partial charge in [0.05, 0.1) is 16.7 Å². The van der Waals surface area contributed by atoms with Crippen LogP contribution in [0.15, 0.2) is 42.5 Å². The van der Waals surface area contributed by atoms with E-state index in [0.717, 1.165) is 65.0 Å². The first kappa shape index (κ1) is 25.8. The average Bonchev–Trinajstić information content (AvgIpc) is 2.95. The van der Waals surface area contributed by atoms with Crippen LogP contribution in [-0.4, -0.2) is 68.3 Å². The summed E-state index contributed by atoms with van der Waals surface area (Å²) in [4.78, 5) is 18.0. The number of piperidine rings is 1. The Labute approximate surface area is 224 Å². The molecule has 1 saturated carbocycles. The van der Waals surface area contributed by atoms with Gasteiger partial charge in [-0.2, -0.15) is 5.26 Å². The van der Waals surface area contributed by atoms with Crippen molar-refractivity contribution in [2.75, 3.05) is 44.2 Å². The molecule has 2 N–H and O–H groups in total. The van der Waals surface area contributed by atoms with Gasteiger partial charge in [-0.1, -0.05) is 11.6 Å². The number of anilines is 1. The predicted octanol–water partition coefficient (Wildman–Crippen LogP) is 4.21. The molecule has 3 fully saturated rings. The summed E-state index contributed by atoms with van der Waals surface area (Å²) in [5.74, 6) is 0.678. The topological polar surface area (TPSA) is 80.6 Å². The summed E-state index contributed by atoms with van der Waals surface area (Å²) in [6, 6.07) is 16.2. The number of piperazine rings is 1. The van der Waals surface area contributed by atoms with Gasteiger partial charge in [0.25, 0.3) is 5.91 Å². The Morgan fingerprint density at radius 2 is 1.68 bits per heavy atom. The summed E-state index contributed by atoms with van der Waals surface area (Å²) in [6.45, 7) is 6.67. The van der Waals surface area contributed by atoms with Crippen LogP contribution in [0.3, 0.4) is 0 Å². The maximum Gasteiger partial charge on any atom is 0.251 e. The zero-order valence-corrected chi connectivity index (χ0v) is 22.1. The van der Waals surface area contributed by atoms with E-state index >= 15 is 0 Å². The molecule has 0 bridgehead atoms. The molecule has 2 heterocycles. The molecule has 1 amide bonds. The molecule has 196 valence electrons. The fraction of sp³-hybridized carbons (Fsp3) is 0.517. The number of carbonyl (C=O) groups excluding carboxylic acids is 1. The molecule has 0 atom stereocenters. The fourth-order valence-electron chi connectivity index (χ4n) is 5.81. The maximum absolute atomic E-state index is 12.9. The molecule has 2 aromatic carbocycles. The van der Waals surface area contributed by atoms with Crippen molar-refractivity contribution in [2.24, 2.45) is 0 Å². The van der Waals surface area contributed by atoms with Crippen LogP contribution in [0.25, 0.3) is 0 Å². The van der Waals surface area contributed by atoms with Gasteiger partial charge in [-0.3, -0.25) is 9.69 Å². The number of ether oxygens (including phenoxy) is 1. The molecular formula is C29H36ClN5O2. The van der Waals surface area contributed by atoms with Gasteiger partial charge in [0.1, 0.15) is 11.8 Å². The standard InChI is InChI=1S/C29H36ClN5O2/c30-28-19-27(8-3-22(28)20-31)37-26-9-4-23(5-10-26)33-29(36)21-1-6-24(7-2-21)34-15-11-25(12-16-34)35-17-13-32-14-18-35/h1-3,6-8,19,23,25-26,32H,4-5,9-18H2,(H,33,36). The summed E-state index contributed by atoms with van der Waals surface area (Å²) in [7, 11) is 0. The lowest BCUT2D eigenvalue weighted by molar-refractivity contribution is 0.0894. The van der Waals surface area contributed by atoms with E-state index in [9.17, 15) is 4.79 Å². The van der Waals surface area contributed by atoms with Gasteiger partial charge in [0.2, 0.25) is 0 Å². The Bertz CT molecular complexity index is 1100. The first-order valence-corrected chi connectivity index (χ1v) is 13.9. The third kappa shape index (κ3) is 6.56. The molecule has 2 saturated heterocycles. The SMILES string of the molecule is N#Cc1ccc(OC2CCC(NC(=O)c3ccc(N4CCC(N5CCNCC5)CC4)cc3)CC2)cc1Cl. The second kappa shape index (κ2) is 12.2. The number of nitriles is 1. The lowest BCUT2D eigenvalue weighted by atomic mass is 9.92. The third-order valence-corrected chi connectivity index (χ3v) is 8.31. The molecule has 37 heavy (non-hydrogen) atoms. The molecular weight excluding hydrogens is 486 g/mol. The number of amides is 1. The van der Waals surface area contributed by atoms with Crippen molar-refractivity contribution in [2.45, 2.75) is 56.7 Å². The van der Waals surface area contributed by atoms with Crippen LogP contribution in [-0.2, 0) is 0 Å². The number of hydrogen-bond acceptors (Lipinski definition) is 6. The largest absolute Gasteiger partial charge is 0.490 e. The number of halogens is 1. The van der Waals surface area contributed by atoms with E-state index in [-0.39, 0.29) is 18.1 Å². The molecule has 2 aromatic rings. The van der Waals surface area contributed by atoms with Gasteiger partial charge in [0.15, 0.2) is 0 Å². The van der Waals surface area contributed by atoms with Crippen molar-refractivity contribution in [1.29, 1.82) is 5.26 Å². The second-order valence-corrected chi connectivity index (χ2v) is 10.8. The highest BCUT2D eigenvalue weighted by molar-refractivity contribution is 6.31. The fourth-order valence-corrected chi connectivity index (χ4v) is 6.02. The first-order chi connectivity index (χ1) is 18.1. The number of hydrogen-bond donors (Lipinski definition) is 2. The van der Waals surface area contributed by atoms with Crippen molar-refractivity contribution in [3.63, 3.8) is 0 Å². The molecule has 0 radical (unpaired) electrons. The lowest BCUT2D eigenvalue weighted by Gasteiger charge is -2.41. The van der Waals surface area contributed by atoms with Crippen molar-refractivity contribution >= 4 is 23.2 Å². The van der Waals surface area contributed by atoms with E-state index in [1.807, 2.05) is 12.1 Å². The Balaban J connectivity index is 1.06. The molecule has 3 aliphatic rings. The van der Waals surface area contributed by atoms with E-state index in [1.165, 1.54) is 18.5 Å². The highest BCUT2D eigenvalue weighted by atomic mass is 35.5. The zero-order chi connectivity index (χ0) is 25.6. The smallest absolute Gasteiger partial charge is 0.251 e. The van der Waals surface area contributed by atoms with Gasteiger partial charge in [-0.15, -0.1) is 0 Å². The minimum atomic E-state index is -0.00721. The van der Waals surface area contributed by atoms with Gasteiger partial charge < -0.3 is 20.3 Å². The Kier molecular flexibility index (Phi) is 8.50. The van der Waals surface area contributed by atoms with E-state index in [4.69, 9.17) is 21.6 Å². The normalized spacial score (nSPS) is 23.3. The van der Waals surface area contributed by atoms with Crippen LogP contribution < -0.4 is 20.3 Å². The number of nitrogens with zero attached hydrogens (tertiary/aromatic N) is 3. The average molecular weight is 522 g/mol. The molecule has 8 heteroatoms. The summed E-state index contributed by atoms with van der Waals surface area (Å²) in [5.41, 5.74) is 2.37. The summed E-state index contributed by atoms with van der Waals surface area (Å²) < 4.78 is 6.07. The number of carbonyl (C=O) groups is 1. The molecule has 7 nitrogen and oxygen atoms in total. The molecule has 0 aromatic heterocycles. The highest BCUT2D eigenvalue weighted by Gasteiger charge is 2.26. The zero-order valence-electron chi connectivity index (χ0n) is 21.3. The highest BCUT2D eigenvalue weighted by Crippen LogP contribution is 2.28. The number of benzene rings is 2. The van der Waals surface area contributed by atoms with Gasteiger partial charge in [0, 0.05) is 68.7 Å². The van der Waals surface area contributed by atoms with E-state index in [0.29, 0.717) is 27.9 Å². The number of nitrogens with one attached hydrogen (secondary N) is 2. The molecule has 1 aliphatic carbocycles. The minimum absolute atomic E-state index is 0.00721. The Morgan fingerprint density at radius 3 is 2.32 bits per heavy atom. The Morgan fingerprint density at radius 1 is 0.973 bits per heavy atom. The van der Waals surface area contributed by atoms with Crippen LogP contribution in [0.1, 0.15) is 54.4 Å². The maximum atomic E-state index is 12.9. The first-order valence-electron chi connectivity index (χ1n) is 13.6.